The lowest BCUT2D eigenvalue weighted by molar-refractivity contribution is -0.154. The summed E-state index contributed by atoms with van der Waals surface area (Å²) in [5, 5.41) is 9.59. The molecule has 0 aliphatic heterocycles. The summed E-state index contributed by atoms with van der Waals surface area (Å²) in [6, 6.07) is 4.03. The van der Waals surface area contributed by atoms with Crippen molar-refractivity contribution in [3.05, 3.63) is 23.7 Å². The molecule has 0 aliphatic carbocycles. The van der Waals surface area contributed by atoms with Crippen LogP contribution in [0.25, 0.3) is 0 Å². The molecule has 2 atom stereocenters. The third kappa shape index (κ3) is 8.58. The molecule has 0 amide bonds. The second-order valence-electron chi connectivity index (χ2n) is 8.21. The van der Waals surface area contributed by atoms with Gasteiger partial charge in [0.25, 0.3) is 0 Å². The summed E-state index contributed by atoms with van der Waals surface area (Å²) in [5.41, 5.74) is -0.425. The Morgan fingerprint density at radius 2 is 1.96 bits per heavy atom. The number of aryl methyl sites for hydroxylation is 1. The molecule has 0 spiro atoms. The Labute approximate surface area is 158 Å². The van der Waals surface area contributed by atoms with Crippen molar-refractivity contribution in [1.29, 1.82) is 0 Å². The highest BCUT2D eigenvalue weighted by Gasteiger charge is 2.21. The summed E-state index contributed by atoms with van der Waals surface area (Å²) in [4.78, 5) is 11.7. The van der Waals surface area contributed by atoms with Crippen LogP contribution < -0.4 is 0 Å². The van der Waals surface area contributed by atoms with Gasteiger partial charge in [-0.05, 0) is 64.5 Å². The summed E-state index contributed by atoms with van der Waals surface area (Å²) in [7, 11) is 0. The van der Waals surface area contributed by atoms with E-state index in [4.69, 9.17) is 15.6 Å². The van der Waals surface area contributed by atoms with Gasteiger partial charge in [0, 0.05) is 18.8 Å². The average Bonchev–Trinajstić information content (AvgIpc) is 2.98. The fourth-order valence-corrected chi connectivity index (χ4v) is 2.91. The number of carbonyl (C=O) groups excluding carboxylic acids is 1. The van der Waals surface area contributed by atoms with Gasteiger partial charge in [-0.25, -0.2) is 0 Å². The average molecular weight is 363 g/mol. The number of ether oxygens (including phenoxy) is 1. The van der Waals surface area contributed by atoms with Gasteiger partial charge in [-0.15, -0.1) is 6.42 Å². The van der Waals surface area contributed by atoms with E-state index in [9.17, 15) is 9.90 Å². The first-order chi connectivity index (χ1) is 12.1. The minimum Gasteiger partial charge on any atom is -0.466 e. The van der Waals surface area contributed by atoms with Gasteiger partial charge in [-0.2, -0.15) is 0 Å². The minimum atomic E-state index is -0.696. The Hall–Kier alpha value is -1.73. The molecule has 0 fully saturated rings. The van der Waals surface area contributed by atoms with Gasteiger partial charge >= 0.3 is 5.97 Å². The highest BCUT2D eigenvalue weighted by Crippen LogP contribution is 2.31. The number of furan rings is 1. The van der Waals surface area contributed by atoms with Crippen LogP contribution in [-0.4, -0.2) is 22.8 Å². The molecule has 4 nitrogen and oxygen atoms in total. The zero-order valence-corrected chi connectivity index (χ0v) is 16.9. The zero-order valence-electron chi connectivity index (χ0n) is 16.9. The quantitative estimate of drug-likeness (QED) is 0.367. The molecule has 1 N–H and O–H groups in total. The lowest BCUT2D eigenvalue weighted by Gasteiger charge is -2.19. The van der Waals surface area contributed by atoms with Crippen LogP contribution in [0, 0.1) is 18.3 Å². The predicted molar refractivity (Wildman–Crippen MR) is 104 cm³/mol. The van der Waals surface area contributed by atoms with Crippen molar-refractivity contribution in [1.82, 2.24) is 0 Å². The van der Waals surface area contributed by atoms with Gasteiger partial charge in [0.15, 0.2) is 0 Å². The van der Waals surface area contributed by atoms with Crippen molar-refractivity contribution in [2.45, 2.75) is 90.8 Å². The van der Waals surface area contributed by atoms with Crippen molar-refractivity contribution in [2.75, 3.05) is 0 Å². The Morgan fingerprint density at radius 1 is 1.27 bits per heavy atom. The summed E-state index contributed by atoms with van der Waals surface area (Å²) in [6.45, 7) is 9.93. The number of terminal acetylenes is 1. The lowest BCUT2D eigenvalue weighted by atomic mass is 9.88. The molecule has 1 heterocycles. The van der Waals surface area contributed by atoms with Crippen LogP contribution in [0.4, 0.5) is 0 Å². The van der Waals surface area contributed by atoms with E-state index < -0.39 is 11.7 Å². The Morgan fingerprint density at radius 3 is 2.54 bits per heavy atom. The van der Waals surface area contributed by atoms with E-state index in [0.29, 0.717) is 18.8 Å². The first kappa shape index (κ1) is 22.3. The van der Waals surface area contributed by atoms with Gasteiger partial charge in [-0.3, -0.25) is 4.79 Å². The normalized spacial score (nSPS) is 14.1. The van der Waals surface area contributed by atoms with Crippen LogP contribution in [0.15, 0.2) is 16.5 Å². The molecular weight excluding hydrogens is 328 g/mol. The van der Waals surface area contributed by atoms with E-state index in [-0.39, 0.29) is 11.9 Å². The molecule has 0 radical (unpaired) electrons. The maximum absolute atomic E-state index is 11.7. The first-order valence-electron chi connectivity index (χ1n) is 9.57. The van der Waals surface area contributed by atoms with E-state index in [0.717, 1.165) is 37.2 Å². The number of esters is 1. The summed E-state index contributed by atoms with van der Waals surface area (Å²) >= 11 is 0. The molecule has 146 valence electrons. The highest BCUT2D eigenvalue weighted by molar-refractivity contribution is 5.69. The van der Waals surface area contributed by atoms with Gasteiger partial charge in [0.05, 0.1) is 0 Å². The molecule has 0 aliphatic rings. The van der Waals surface area contributed by atoms with Crippen LogP contribution in [0.2, 0.25) is 0 Å². The highest BCUT2D eigenvalue weighted by atomic mass is 16.6. The molecule has 4 heteroatoms. The molecule has 0 aromatic carbocycles. The number of aliphatic hydroxyl groups is 1. The van der Waals surface area contributed by atoms with E-state index in [1.807, 2.05) is 32.9 Å². The molecular formula is C22H34O4. The summed E-state index contributed by atoms with van der Waals surface area (Å²) in [5.74, 6) is 4.75. The Bertz CT molecular complexity index is 586. The van der Waals surface area contributed by atoms with Crippen molar-refractivity contribution in [3.8, 4) is 12.3 Å². The van der Waals surface area contributed by atoms with Crippen LogP contribution in [0.3, 0.4) is 0 Å². The van der Waals surface area contributed by atoms with Crippen LogP contribution in [0.5, 0.6) is 0 Å². The Kier molecular flexibility index (Phi) is 8.95. The largest absolute Gasteiger partial charge is 0.466 e. The molecule has 1 rings (SSSR count). The maximum Gasteiger partial charge on any atom is 0.306 e. The van der Waals surface area contributed by atoms with Gasteiger partial charge in [-0.1, -0.05) is 19.8 Å². The Balaban J connectivity index is 2.45. The van der Waals surface area contributed by atoms with Crippen LogP contribution in [0.1, 0.15) is 84.2 Å². The van der Waals surface area contributed by atoms with Crippen molar-refractivity contribution in [3.63, 3.8) is 0 Å². The zero-order chi connectivity index (χ0) is 19.7. The predicted octanol–water partition coefficient (Wildman–Crippen LogP) is 4.85. The molecule has 2 unspecified atom stereocenters. The fraction of sp³-hybridized carbons (Fsp3) is 0.682. The second-order valence-corrected chi connectivity index (χ2v) is 8.21. The number of hydrogen-bond acceptors (Lipinski definition) is 4. The minimum absolute atomic E-state index is 0.149. The molecule has 26 heavy (non-hydrogen) atoms. The van der Waals surface area contributed by atoms with Gasteiger partial charge in [0.1, 0.15) is 23.2 Å². The molecule has 1 aromatic heterocycles. The molecule has 1 aromatic rings. The van der Waals surface area contributed by atoms with E-state index in [1.54, 1.807) is 0 Å². The molecule has 0 bridgehead atoms. The second kappa shape index (κ2) is 10.4. The van der Waals surface area contributed by atoms with Gasteiger partial charge in [0.2, 0.25) is 0 Å². The first-order valence-corrected chi connectivity index (χ1v) is 9.57. The molecule has 0 saturated heterocycles. The third-order valence-electron chi connectivity index (χ3n) is 4.27. The topological polar surface area (TPSA) is 59.7 Å². The standard InChI is InChI=1S/C22H34O4/c1-7-17(23)12-14-19(16(2)3)20-15-13-18(25-20)10-8-9-11-21(24)26-22(4,5)6/h1,13,15-17,19,23H,8-12,14H2,2-6H3. The number of carbonyl (C=O) groups is 1. The van der Waals surface area contributed by atoms with E-state index >= 15 is 0 Å². The fourth-order valence-electron chi connectivity index (χ4n) is 2.91. The lowest BCUT2D eigenvalue weighted by Crippen LogP contribution is -2.23. The van der Waals surface area contributed by atoms with E-state index in [1.165, 1.54) is 0 Å². The number of hydrogen-bond donors (Lipinski definition) is 1. The number of aliphatic hydroxyl groups excluding tert-OH is 1. The van der Waals surface area contributed by atoms with Crippen molar-refractivity contribution in [2.24, 2.45) is 5.92 Å². The van der Waals surface area contributed by atoms with Gasteiger partial charge < -0.3 is 14.3 Å². The van der Waals surface area contributed by atoms with Crippen LogP contribution in [-0.2, 0) is 16.0 Å². The smallest absolute Gasteiger partial charge is 0.306 e. The molecule has 0 saturated carbocycles. The van der Waals surface area contributed by atoms with Crippen molar-refractivity contribution >= 4 is 5.97 Å². The monoisotopic (exact) mass is 362 g/mol. The van der Waals surface area contributed by atoms with Crippen molar-refractivity contribution < 1.29 is 19.1 Å². The number of rotatable bonds is 10. The summed E-state index contributed by atoms with van der Waals surface area (Å²) < 4.78 is 11.3. The number of unbranched alkanes of at least 4 members (excludes halogenated alkanes) is 1. The third-order valence-corrected chi connectivity index (χ3v) is 4.27. The SMILES string of the molecule is C#CC(O)CCC(c1ccc(CCCCC(=O)OC(C)(C)C)o1)C(C)C. The van der Waals surface area contributed by atoms with E-state index in [2.05, 4.69) is 19.8 Å². The maximum atomic E-state index is 11.7. The van der Waals surface area contributed by atoms with Crippen LogP contribution >= 0.6 is 0 Å². The summed E-state index contributed by atoms with van der Waals surface area (Å²) in [6.07, 6.45) is 8.83.